The lowest BCUT2D eigenvalue weighted by Crippen LogP contribution is -2.46. The van der Waals surface area contributed by atoms with Gasteiger partial charge in [-0.3, -0.25) is 9.59 Å². The van der Waals surface area contributed by atoms with Crippen molar-refractivity contribution in [2.45, 2.75) is 302 Å². The smallest absolute Gasteiger partial charge is 0.306 e. The lowest BCUT2D eigenvalue weighted by molar-refractivity contribution is -0.148. The Morgan fingerprint density at radius 1 is 0.500 bits per heavy atom. The molecule has 0 aromatic rings. The molecule has 354 valence electrons. The van der Waals surface area contributed by atoms with Crippen LogP contribution in [0, 0.1) is 0 Å². The van der Waals surface area contributed by atoms with Crippen molar-refractivity contribution in [1.82, 2.24) is 5.32 Å². The van der Waals surface area contributed by atoms with Crippen molar-refractivity contribution in [2.75, 3.05) is 6.61 Å². The third-order valence-electron chi connectivity index (χ3n) is 12.3. The topological polar surface area (TPSA) is 95.9 Å². The van der Waals surface area contributed by atoms with Crippen molar-refractivity contribution in [3.63, 3.8) is 0 Å². The van der Waals surface area contributed by atoms with Crippen molar-refractivity contribution >= 4 is 11.9 Å². The standard InChI is InChI=1S/C54H103NO5/c1-4-7-10-13-16-19-22-24-26-28-31-34-37-40-43-46-52(57)51(49-56)55-53(58)48-50(45-42-39-36-33-30-21-18-15-12-9-6-3)60-54(59)47-44-41-38-35-32-29-27-25-23-20-17-14-11-8-5-2/h33,36,42,45,50-52,56-57H,4-32,34-35,37-41,43-44,46-49H2,1-3H3,(H,55,58)/b36-33-,45-42+. The summed E-state index contributed by atoms with van der Waals surface area (Å²) in [6.45, 7) is 6.47. The second-order valence-electron chi connectivity index (χ2n) is 18.3. The number of carbonyl (C=O) groups excluding carboxylic acids is 2. The molecule has 0 spiro atoms. The van der Waals surface area contributed by atoms with E-state index in [0.29, 0.717) is 12.8 Å². The molecule has 0 rings (SSSR count). The number of allylic oxidation sites excluding steroid dienone is 3. The minimum Gasteiger partial charge on any atom is -0.458 e. The van der Waals surface area contributed by atoms with E-state index in [1.165, 1.54) is 193 Å². The van der Waals surface area contributed by atoms with Crippen molar-refractivity contribution in [3.05, 3.63) is 24.3 Å². The highest BCUT2D eigenvalue weighted by Crippen LogP contribution is 2.17. The molecule has 1 amide bonds. The van der Waals surface area contributed by atoms with Crippen LogP contribution in [0.15, 0.2) is 24.3 Å². The summed E-state index contributed by atoms with van der Waals surface area (Å²) in [5, 5.41) is 23.7. The monoisotopic (exact) mass is 846 g/mol. The fraction of sp³-hybridized carbons (Fsp3) is 0.889. The number of nitrogens with one attached hydrogen (secondary N) is 1. The molecule has 3 N–H and O–H groups in total. The van der Waals surface area contributed by atoms with Crippen molar-refractivity contribution < 1.29 is 24.5 Å². The zero-order chi connectivity index (χ0) is 43.8. The minimum atomic E-state index is -0.806. The highest BCUT2D eigenvalue weighted by Gasteiger charge is 2.23. The van der Waals surface area contributed by atoms with Crippen molar-refractivity contribution in [2.24, 2.45) is 0 Å². The first-order valence-electron chi connectivity index (χ1n) is 26.6. The maximum Gasteiger partial charge on any atom is 0.306 e. The summed E-state index contributed by atoms with van der Waals surface area (Å²) in [6.07, 6.45) is 55.6. The minimum absolute atomic E-state index is 0.0231. The number of aliphatic hydroxyl groups is 2. The number of unbranched alkanes of at least 4 members (excludes halogenated alkanes) is 34. The van der Waals surface area contributed by atoms with Gasteiger partial charge in [-0.1, -0.05) is 257 Å². The maximum absolute atomic E-state index is 13.2. The van der Waals surface area contributed by atoms with Crippen molar-refractivity contribution in [1.29, 1.82) is 0 Å². The number of hydrogen-bond donors (Lipinski definition) is 3. The van der Waals surface area contributed by atoms with Gasteiger partial charge in [-0.15, -0.1) is 0 Å². The first-order valence-corrected chi connectivity index (χ1v) is 26.6. The number of rotatable bonds is 48. The Bertz CT molecular complexity index is 950. The Labute approximate surface area is 373 Å². The normalized spacial score (nSPS) is 13.3. The summed E-state index contributed by atoms with van der Waals surface area (Å²) in [6, 6.07) is -0.727. The van der Waals surface area contributed by atoms with E-state index >= 15 is 0 Å². The molecule has 0 bridgehead atoms. The van der Waals surface area contributed by atoms with Gasteiger partial charge in [0.2, 0.25) is 5.91 Å². The van der Waals surface area contributed by atoms with Gasteiger partial charge < -0.3 is 20.3 Å². The van der Waals surface area contributed by atoms with Gasteiger partial charge in [-0.05, 0) is 38.2 Å². The molecule has 0 fully saturated rings. The van der Waals surface area contributed by atoms with E-state index in [2.05, 4.69) is 38.2 Å². The lowest BCUT2D eigenvalue weighted by atomic mass is 10.0. The molecule has 0 aromatic heterocycles. The lowest BCUT2D eigenvalue weighted by Gasteiger charge is -2.23. The van der Waals surface area contributed by atoms with Crippen LogP contribution in [0.5, 0.6) is 0 Å². The summed E-state index contributed by atoms with van der Waals surface area (Å²) in [5.41, 5.74) is 0. The number of esters is 1. The molecule has 60 heavy (non-hydrogen) atoms. The number of hydrogen-bond acceptors (Lipinski definition) is 5. The Hall–Kier alpha value is -1.66. The Balaban J connectivity index is 4.54. The van der Waals surface area contributed by atoms with Gasteiger partial charge >= 0.3 is 5.97 Å². The number of amides is 1. The summed E-state index contributed by atoms with van der Waals surface area (Å²) in [7, 11) is 0. The largest absolute Gasteiger partial charge is 0.458 e. The van der Waals surface area contributed by atoms with E-state index in [1.54, 1.807) is 0 Å². The fourth-order valence-electron chi connectivity index (χ4n) is 8.22. The molecule has 6 heteroatoms. The van der Waals surface area contributed by atoms with E-state index in [-0.39, 0.29) is 24.9 Å². The number of aliphatic hydroxyl groups excluding tert-OH is 2. The highest BCUT2D eigenvalue weighted by molar-refractivity contribution is 5.78. The fourth-order valence-corrected chi connectivity index (χ4v) is 8.22. The Morgan fingerprint density at radius 2 is 0.883 bits per heavy atom. The molecular formula is C54H103NO5. The zero-order valence-electron chi connectivity index (χ0n) is 40.4. The molecule has 0 aliphatic rings. The average molecular weight is 846 g/mol. The molecule has 6 nitrogen and oxygen atoms in total. The Morgan fingerprint density at radius 3 is 1.30 bits per heavy atom. The Kier molecular flexibility index (Phi) is 47.0. The second kappa shape index (κ2) is 48.4. The van der Waals surface area contributed by atoms with E-state index < -0.39 is 18.2 Å². The molecule has 0 radical (unpaired) electrons. The predicted molar refractivity (Wildman–Crippen MR) is 260 cm³/mol. The van der Waals surface area contributed by atoms with Gasteiger partial charge in [0.15, 0.2) is 0 Å². The van der Waals surface area contributed by atoms with Crippen LogP contribution >= 0.6 is 0 Å². The van der Waals surface area contributed by atoms with Crippen LogP contribution in [-0.2, 0) is 14.3 Å². The first kappa shape index (κ1) is 58.3. The van der Waals surface area contributed by atoms with Crippen LogP contribution in [0.25, 0.3) is 0 Å². The summed E-state index contributed by atoms with van der Waals surface area (Å²) < 4.78 is 5.83. The predicted octanol–water partition coefficient (Wildman–Crippen LogP) is 15.9. The van der Waals surface area contributed by atoms with Crippen LogP contribution in [-0.4, -0.2) is 46.9 Å². The summed E-state index contributed by atoms with van der Waals surface area (Å²) in [4.78, 5) is 26.1. The molecule has 3 atom stereocenters. The highest BCUT2D eigenvalue weighted by atomic mass is 16.5. The van der Waals surface area contributed by atoms with Crippen molar-refractivity contribution in [3.8, 4) is 0 Å². The van der Waals surface area contributed by atoms with Crippen LogP contribution in [0.4, 0.5) is 0 Å². The van der Waals surface area contributed by atoms with Crippen LogP contribution in [0.1, 0.15) is 284 Å². The third kappa shape index (κ3) is 43.0. The average Bonchev–Trinajstić information content (AvgIpc) is 3.24. The molecule has 3 unspecified atom stereocenters. The summed E-state index contributed by atoms with van der Waals surface area (Å²) >= 11 is 0. The van der Waals surface area contributed by atoms with Gasteiger partial charge in [0.05, 0.1) is 25.2 Å². The van der Waals surface area contributed by atoms with Crippen LogP contribution < -0.4 is 5.32 Å². The molecule has 0 aliphatic heterocycles. The van der Waals surface area contributed by atoms with Gasteiger partial charge in [-0.2, -0.15) is 0 Å². The third-order valence-corrected chi connectivity index (χ3v) is 12.3. The molecule has 0 saturated carbocycles. The zero-order valence-corrected chi connectivity index (χ0v) is 40.4. The molecule has 0 saturated heterocycles. The van der Waals surface area contributed by atoms with E-state index in [9.17, 15) is 19.8 Å². The first-order chi connectivity index (χ1) is 29.5. The molecule has 0 heterocycles. The molecule has 0 aliphatic carbocycles. The van der Waals surface area contributed by atoms with Gasteiger partial charge in [0.1, 0.15) is 6.10 Å². The summed E-state index contributed by atoms with van der Waals surface area (Å²) in [5.74, 6) is -0.588. The quantitative estimate of drug-likeness (QED) is 0.0322. The number of carbonyl (C=O) groups is 2. The van der Waals surface area contributed by atoms with E-state index in [0.717, 1.165) is 51.4 Å². The van der Waals surface area contributed by atoms with Crippen LogP contribution in [0.2, 0.25) is 0 Å². The maximum atomic E-state index is 13.2. The van der Waals surface area contributed by atoms with E-state index in [4.69, 9.17) is 4.74 Å². The van der Waals surface area contributed by atoms with Gasteiger partial charge in [0.25, 0.3) is 0 Å². The van der Waals surface area contributed by atoms with E-state index in [1.807, 2.05) is 12.2 Å². The number of ether oxygens (including phenoxy) is 1. The van der Waals surface area contributed by atoms with Gasteiger partial charge in [0, 0.05) is 6.42 Å². The SMILES string of the molecule is CCCCCCCC/C=C\C/C=C/C(CC(=O)NC(CO)C(O)CCCCCCCCCCCCCCCCC)OC(=O)CCCCCCCCCCCCCCCCC. The van der Waals surface area contributed by atoms with Gasteiger partial charge in [-0.25, -0.2) is 0 Å². The van der Waals surface area contributed by atoms with Crippen LogP contribution in [0.3, 0.4) is 0 Å². The second-order valence-corrected chi connectivity index (χ2v) is 18.3. The molecule has 0 aromatic carbocycles. The molecular weight excluding hydrogens is 743 g/mol.